The fourth-order valence-corrected chi connectivity index (χ4v) is 2.88. The van der Waals surface area contributed by atoms with Gasteiger partial charge in [0.2, 0.25) is 0 Å². The van der Waals surface area contributed by atoms with E-state index in [2.05, 4.69) is 59.1 Å². The van der Waals surface area contributed by atoms with E-state index >= 15 is 0 Å². The molecule has 2 nitrogen and oxygen atoms in total. The monoisotopic (exact) mass is 333 g/mol. The number of hydrogen-bond donors (Lipinski definition) is 0. The molecule has 3 heteroatoms. The second kappa shape index (κ2) is 6.80. The highest BCUT2D eigenvalue weighted by Crippen LogP contribution is 2.24. The maximum Gasteiger partial charge on any atom is 0.123 e. The van der Waals surface area contributed by atoms with Crippen LogP contribution in [0.1, 0.15) is 16.7 Å². The molecule has 0 aliphatic carbocycles. The maximum absolute atomic E-state index is 5.41. The van der Waals surface area contributed by atoms with Gasteiger partial charge >= 0.3 is 0 Å². The van der Waals surface area contributed by atoms with Crippen molar-refractivity contribution in [2.75, 3.05) is 19.1 Å². The third-order valence-corrected chi connectivity index (χ3v) is 4.12. The van der Waals surface area contributed by atoms with E-state index in [0.717, 1.165) is 17.6 Å². The first-order valence-electron chi connectivity index (χ1n) is 6.64. The van der Waals surface area contributed by atoms with Crippen LogP contribution in [0.15, 0.2) is 42.5 Å². The van der Waals surface area contributed by atoms with Crippen LogP contribution < -0.4 is 9.64 Å². The third-order valence-electron chi connectivity index (χ3n) is 3.51. The third kappa shape index (κ3) is 3.34. The zero-order valence-corrected chi connectivity index (χ0v) is 13.8. The summed E-state index contributed by atoms with van der Waals surface area (Å²) in [6.07, 6.45) is 0. The largest absolute Gasteiger partial charge is 0.496 e. The SMILES string of the molecule is COc1ccccc1CN(C)c1ccc(CBr)c(C)c1. The molecule has 0 aromatic heterocycles. The van der Waals surface area contributed by atoms with Gasteiger partial charge in [-0.05, 0) is 36.2 Å². The van der Waals surface area contributed by atoms with E-state index < -0.39 is 0 Å². The Morgan fingerprint density at radius 3 is 2.50 bits per heavy atom. The Balaban J connectivity index is 2.19. The highest BCUT2D eigenvalue weighted by molar-refractivity contribution is 9.08. The molecule has 0 bridgehead atoms. The van der Waals surface area contributed by atoms with Gasteiger partial charge in [-0.15, -0.1) is 0 Å². The van der Waals surface area contributed by atoms with Crippen LogP contribution in [0, 0.1) is 6.92 Å². The van der Waals surface area contributed by atoms with Gasteiger partial charge in [-0.3, -0.25) is 0 Å². The van der Waals surface area contributed by atoms with Crippen LogP contribution in [0.2, 0.25) is 0 Å². The van der Waals surface area contributed by atoms with Crippen molar-refractivity contribution >= 4 is 21.6 Å². The number of rotatable bonds is 5. The lowest BCUT2D eigenvalue weighted by atomic mass is 10.1. The lowest BCUT2D eigenvalue weighted by Crippen LogP contribution is -2.17. The van der Waals surface area contributed by atoms with Crippen LogP contribution >= 0.6 is 15.9 Å². The summed E-state index contributed by atoms with van der Waals surface area (Å²) in [7, 11) is 3.82. The van der Waals surface area contributed by atoms with E-state index in [0.29, 0.717) is 0 Å². The van der Waals surface area contributed by atoms with E-state index in [1.54, 1.807) is 7.11 Å². The van der Waals surface area contributed by atoms with Gasteiger partial charge in [0.15, 0.2) is 0 Å². The molecule has 0 unspecified atom stereocenters. The molecule has 0 radical (unpaired) electrons. The Hall–Kier alpha value is -1.48. The van der Waals surface area contributed by atoms with Crippen LogP contribution in [0.25, 0.3) is 0 Å². The quantitative estimate of drug-likeness (QED) is 0.745. The minimum atomic E-state index is 0.830. The summed E-state index contributed by atoms with van der Waals surface area (Å²) >= 11 is 3.51. The smallest absolute Gasteiger partial charge is 0.123 e. The van der Waals surface area contributed by atoms with Crippen molar-refractivity contribution in [2.45, 2.75) is 18.8 Å². The fraction of sp³-hybridized carbons (Fsp3) is 0.294. The number of halogens is 1. The Bertz CT molecular complexity index is 583. The minimum absolute atomic E-state index is 0.830. The van der Waals surface area contributed by atoms with Crippen LogP contribution in [-0.2, 0) is 11.9 Å². The van der Waals surface area contributed by atoms with E-state index in [1.807, 2.05) is 18.2 Å². The van der Waals surface area contributed by atoms with Crippen molar-refractivity contribution in [1.29, 1.82) is 0 Å². The van der Waals surface area contributed by atoms with Gasteiger partial charge in [-0.25, -0.2) is 0 Å². The molecule has 0 saturated heterocycles. The van der Waals surface area contributed by atoms with E-state index in [1.165, 1.54) is 22.4 Å². The summed E-state index contributed by atoms with van der Waals surface area (Å²) in [6, 6.07) is 14.7. The molecule has 2 rings (SSSR count). The second-order valence-electron chi connectivity index (χ2n) is 4.91. The molecule has 0 aliphatic heterocycles. The van der Waals surface area contributed by atoms with Crippen molar-refractivity contribution in [2.24, 2.45) is 0 Å². The standard InChI is InChI=1S/C17H20BrNO/c1-13-10-16(9-8-14(13)11-18)19(2)12-15-6-4-5-7-17(15)20-3/h4-10H,11-12H2,1-3H3. The van der Waals surface area contributed by atoms with Gasteiger partial charge < -0.3 is 9.64 Å². The van der Waals surface area contributed by atoms with Crippen molar-refractivity contribution in [3.63, 3.8) is 0 Å². The van der Waals surface area contributed by atoms with Crippen LogP contribution in [0.4, 0.5) is 5.69 Å². The number of para-hydroxylation sites is 1. The number of anilines is 1. The van der Waals surface area contributed by atoms with Crippen molar-refractivity contribution in [3.05, 3.63) is 59.2 Å². The average Bonchev–Trinajstić information content (AvgIpc) is 2.47. The molecule has 0 fully saturated rings. The zero-order chi connectivity index (χ0) is 14.5. The second-order valence-corrected chi connectivity index (χ2v) is 5.47. The Kier molecular flexibility index (Phi) is 5.07. The molecule has 0 amide bonds. The molecule has 20 heavy (non-hydrogen) atoms. The Morgan fingerprint density at radius 2 is 1.85 bits per heavy atom. The first-order valence-corrected chi connectivity index (χ1v) is 7.76. The van der Waals surface area contributed by atoms with Gasteiger partial charge in [0.05, 0.1) is 7.11 Å². The summed E-state index contributed by atoms with van der Waals surface area (Å²) in [5.74, 6) is 0.938. The van der Waals surface area contributed by atoms with Gasteiger partial charge in [0.1, 0.15) is 5.75 Å². The molecule has 106 valence electrons. The molecule has 0 N–H and O–H groups in total. The molecule has 0 saturated carbocycles. The summed E-state index contributed by atoms with van der Waals surface area (Å²) in [5.41, 5.74) is 5.06. The predicted octanol–water partition coefficient (Wildman–Crippen LogP) is 4.53. The predicted molar refractivity (Wildman–Crippen MR) is 88.9 cm³/mol. The molecule has 0 spiro atoms. The van der Waals surface area contributed by atoms with Crippen LogP contribution in [0.5, 0.6) is 5.75 Å². The molecule has 2 aromatic rings. The number of methoxy groups -OCH3 is 1. The van der Waals surface area contributed by atoms with Gasteiger partial charge in [0, 0.05) is 30.2 Å². The summed E-state index contributed by atoms with van der Waals surface area (Å²) < 4.78 is 5.41. The maximum atomic E-state index is 5.41. The Labute approximate surface area is 129 Å². The highest BCUT2D eigenvalue weighted by atomic mass is 79.9. The van der Waals surface area contributed by atoms with E-state index in [4.69, 9.17) is 4.74 Å². The van der Waals surface area contributed by atoms with E-state index in [-0.39, 0.29) is 0 Å². The summed E-state index contributed by atoms with van der Waals surface area (Å²) in [6.45, 7) is 2.98. The number of benzene rings is 2. The highest BCUT2D eigenvalue weighted by Gasteiger charge is 2.07. The molecular weight excluding hydrogens is 314 g/mol. The molecule has 2 aromatic carbocycles. The lowest BCUT2D eigenvalue weighted by molar-refractivity contribution is 0.409. The van der Waals surface area contributed by atoms with Crippen molar-refractivity contribution in [3.8, 4) is 5.75 Å². The van der Waals surface area contributed by atoms with Gasteiger partial charge in [-0.1, -0.05) is 40.2 Å². The summed E-state index contributed by atoms with van der Waals surface area (Å²) in [5, 5.41) is 0.898. The fourth-order valence-electron chi connectivity index (χ4n) is 2.25. The zero-order valence-electron chi connectivity index (χ0n) is 12.2. The number of ether oxygens (including phenoxy) is 1. The lowest BCUT2D eigenvalue weighted by Gasteiger charge is -2.21. The Morgan fingerprint density at radius 1 is 1.10 bits per heavy atom. The normalized spacial score (nSPS) is 10.4. The van der Waals surface area contributed by atoms with Crippen LogP contribution in [0.3, 0.4) is 0 Å². The first-order chi connectivity index (χ1) is 9.65. The molecular formula is C17H20BrNO. The van der Waals surface area contributed by atoms with Gasteiger partial charge in [-0.2, -0.15) is 0 Å². The molecule has 0 atom stereocenters. The van der Waals surface area contributed by atoms with Crippen molar-refractivity contribution in [1.82, 2.24) is 0 Å². The number of alkyl halides is 1. The van der Waals surface area contributed by atoms with E-state index in [9.17, 15) is 0 Å². The first kappa shape index (κ1) is 14.9. The van der Waals surface area contributed by atoms with Crippen LogP contribution in [-0.4, -0.2) is 14.2 Å². The van der Waals surface area contributed by atoms with Crippen molar-refractivity contribution < 1.29 is 4.74 Å². The number of aryl methyl sites for hydroxylation is 1. The average molecular weight is 334 g/mol. The number of hydrogen-bond acceptors (Lipinski definition) is 2. The summed E-state index contributed by atoms with van der Waals surface area (Å²) in [4.78, 5) is 2.24. The molecule has 0 aliphatic rings. The molecule has 0 heterocycles. The number of nitrogens with zero attached hydrogens (tertiary/aromatic N) is 1. The minimum Gasteiger partial charge on any atom is -0.496 e. The topological polar surface area (TPSA) is 12.5 Å². The van der Waals surface area contributed by atoms with Gasteiger partial charge in [0.25, 0.3) is 0 Å².